The minimum absolute atomic E-state index is 0.228. The van der Waals surface area contributed by atoms with E-state index in [4.69, 9.17) is 4.74 Å². The van der Waals surface area contributed by atoms with Gasteiger partial charge in [0.05, 0.1) is 6.04 Å². The van der Waals surface area contributed by atoms with Crippen molar-refractivity contribution in [3.8, 4) is 0 Å². The number of nitrogens with one attached hydrogen (secondary N) is 2. The zero-order chi connectivity index (χ0) is 12.8. The first kappa shape index (κ1) is 12.0. The number of amides is 1. The number of tetrazole rings is 1. The molecular weight excluding hydrogens is 234 g/mol. The fourth-order valence-electron chi connectivity index (χ4n) is 1.36. The number of alkyl carbamates (subject to hydrolysis) is 1. The monoisotopic (exact) mass is 247 g/mol. The quantitative estimate of drug-likeness (QED) is 0.846. The Kier molecular flexibility index (Phi) is 3.85. The summed E-state index contributed by atoms with van der Waals surface area (Å²) in [4.78, 5) is 11.5. The minimum Gasteiger partial charge on any atom is -0.445 e. The van der Waals surface area contributed by atoms with Gasteiger partial charge in [-0.05, 0) is 12.5 Å². The molecule has 0 bridgehead atoms. The highest BCUT2D eigenvalue weighted by Crippen LogP contribution is 2.05. The molecule has 1 aromatic heterocycles. The molecule has 1 unspecified atom stereocenters. The Hall–Kier alpha value is -2.44. The fraction of sp³-hybridized carbons (Fsp3) is 0.273. The Bertz CT molecular complexity index is 485. The van der Waals surface area contributed by atoms with Crippen molar-refractivity contribution >= 4 is 6.09 Å². The van der Waals surface area contributed by atoms with E-state index in [-0.39, 0.29) is 12.6 Å². The second-order valence-corrected chi connectivity index (χ2v) is 3.70. The third-order valence-electron chi connectivity index (χ3n) is 2.30. The van der Waals surface area contributed by atoms with Crippen LogP contribution >= 0.6 is 0 Å². The van der Waals surface area contributed by atoms with Crippen molar-refractivity contribution in [2.24, 2.45) is 0 Å². The molecular formula is C11H13N5O2. The average molecular weight is 247 g/mol. The zero-order valence-electron chi connectivity index (χ0n) is 9.83. The molecule has 0 saturated heterocycles. The Morgan fingerprint density at radius 3 is 2.89 bits per heavy atom. The molecule has 2 aromatic rings. The molecule has 18 heavy (non-hydrogen) atoms. The van der Waals surface area contributed by atoms with Gasteiger partial charge in [0.2, 0.25) is 0 Å². The molecule has 0 aliphatic rings. The third kappa shape index (κ3) is 3.27. The molecule has 7 nitrogen and oxygen atoms in total. The number of hydrogen-bond donors (Lipinski definition) is 2. The number of carbonyl (C=O) groups excluding carboxylic acids is 1. The van der Waals surface area contributed by atoms with E-state index in [1.54, 1.807) is 6.92 Å². The normalized spacial score (nSPS) is 11.8. The maximum Gasteiger partial charge on any atom is 0.408 e. The molecule has 0 spiro atoms. The molecule has 1 amide bonds. The molecule has 0 aliphatic carbocycles. The Morgan fingerprint density at radius 1 is 1.44 bits per heavy atom. The summed E-state index contributed by atoms with van der Waals surface area (Å²) in [6.45, 7) is 1.97. The number of aromatic amines is 1. The second kappa shape index (κ2) is 5.76. The largest absolute Gasteiger partial charge is 0.445 e. The first-order valence-electron chi connectivity index (χ1n) is 5.46. The van der Waals surface area contributed by atoms with Gasteiger partial charge in [-0.3, -0.25) is 0 Å². The summed E-state index contributed by atoms with van der Waals surface area (Å²) in [5, 5.41) is 15.9. The van der Waals surface area contributed by atoms with Crippen LogP contribution in [0.25, 0.3) is 0 Å². The van der Waals surface area contributed by atoms with Crippen molar-refractivity contribution in [1.82, 2.24) is 25.9 Å². The van der Waals surface area contributed by atoms with Gasteiger partial charge in [0, 0.05) is 0 Å². The van der Waals surface area contributed by atoms with Crippen LogP contribution < -0.4 is 5.32 Å². The van der Waals surface area contributed by atoms with E-state index >= 15 is 0 Å². The van der Waals surface area contributed by atoms with E-state index in [9.17, 15) is 4.79 Å². The minimum atomic E-state index is -0.517. The average Bonchev–Trinajstić information content (AvgIpc) is 2.91. The van der Waals surface area contributed by atoms with Crippen molar-refractivity contribution < 1.29 is 9.53 Å². The number of rotatable bonds is 4. The van der Waals surface area contributed by atoms with E-state index in [1.807, 2.05) is 30.3 Å². The second-order valence-electron chi connectivity index (χ2n) is 3.70. The summed E-state index contributed by atoms with van der Waals surface area (Å²) in [7, 11) is 0. The highest BCUT2D eigenvalue weighted by Gasteiger charge is 2.13. The van der Waals surface area contributed by atoms with Crippen LogP contribution in [0.4, 0.5) is 4.79 Å². The first-order valence-corrected chi connectivity index (χ1v) is 5.46. The van der Waals surface area contributed by atoms with Gasteiger partial charge in [0.25, 0.3) is 0 Å². The molecule has 0 saturated carbocycles. The van der Waals surface area contributed by atoms with E-state index in [0.717, 1.165) is 5.56 Å². The van der Waals surface area contributed by atoms with E-state index < -0.39 is 6.09 Å². The van der Waals surface area contributed by atoms with Crippen LogP contribution in [0.3, 0.4) is 0 Å². The lowest BCUT2D eigenvalue weighted by Gasteiger charge is -2.10. The van der Waals surface area contributed by atoms with Crippen LogP contribution in [0.5, 0.6) is 0 Å². The van der Waals surface area contributed by atoms with Gasteiger partial charge < -0.3 is 10.1 Å². The fourth-order valence-corrected chi connectivity index (χ4v) is 1.36. The summed E-state index contributed by atoms with van der Waals surface area (Å²) in [6.07, 6.45) is -0.517. The SMILES string of the molecule is CC(NC(=O)OCc1ccccc1)c1nn[nH]n1. The maximum atomic E-state index is 11.5. The summed E-state index contributed by atoms with van der Waals surface area (Å²) in [6, 6.07) is 9.09. The smallest absolute Gasteiger partial charge is 0.408 e. The molecule has 0 radical (unpaired) electrons. The van der Waals surface area contributed by atoms with E-state index in [2.05, 4.69) is 25.9 Å². The highest BCUT2D eigenvalue weighted by molar-refractivity contribution is 5.67. The van der Waals surface area contributed by atoms with Crippen molar-refractivity contribution in [1.29, 1.82) is 0 Å². The number of ether oxygens (including phenoxy) is 1. The van der Waals surface area contributed by atoms with Crippen molar-refractivity contribution in [3.05, 3.63) is 41.7 Å². The predicted molar refractivity (Wildman–Crippen MR) is 62.4 cm³/mol. The summed E-state index contributed by atoms with van der Waals surface area (Å²) in [5.41, 5.74) is 0.930. The first-order chi connectivity index (χ1) is 8.75. The van der Waals surface area contributed by atoms with Crippen LogP contribution in [0.1, 0.15) is 24.4 Å². The number of nitrogens with zero attached hydrogens (tertiary/aromatic N) is 3. The summed E-state index contributed by atoms with van der Waals surface area (Å²) < 4.78 is 5.06. The van der Waals surface area contributed by atoms with Crippen molar-refractivity contribution in [2.75, 3.05) is 0 Å². The van der Waals surface area contributed by atoms with Gasteiger partial charge in [0.1, 0.15) is 6.61 Å². The van der Waals surface area contributed by atoms with Crippen LogP contribution in [0, 0.1) is 0 Å². The zero-order valence-corrected chi connectivity index (χ0v) is 9.83. The molecule has 2 N–H and O–H groups in total. The van der Waals surface area contributed by atoms with Gasteiger partial charge in [-0.1, -0.05) is 35.5 Å². The lowest BCUT2D eigenvalue weighted by molar-refractivity contribution is 0.136. The number of carbonyl (C=O) groups is 1. The molecule has 1 heterocycles. The van der Waals surface area contributed by atoms with Gasteiger partial charge in [-0.15, -0.1) is 10.2 Å². The Morgan fingerprint density at radius 2 is 2.22 bits per heavy atom. The standard InChI is InChI=1S/C11H13N5O2/c1-8(10-13-15-16-14-10)12-11(17)18-7-9-5-3-2-4-6-9/h2-6,8H,7H2,1H3,(H,12,17)(H,13,14,15,16). The van der Waals surface area contributed by atoms with Crippen molar-refractivity contribution in [3.63, 3.8) is 0 Å². The summed E-state index contributed by atoms with van der Waals surface area (Å²) >= 11 is 0. The van der Waals surface area contributed by atoms with Crippen molar-refractivity contribution in [2.45, 2.75) is 19.6 Å². The third-order valence-corrected chi connectivity index (χ3v) is 2.30. The molecule has 0 fully saturated rings. The van der Waals surface area contributed by atoms with Crippen LogP contribution in [-0.4, -0.2) is 26.7 Å². The number of aromatic nitrogens is 4. The van der Waals surface area contributed by atoms with Crippen LogP contribution in [0.15, 0.2) is 30.3 Å². The molecule has 1 aromatic carbocycles. The topological polar surface area (TPSA) is 92.8 Å². The predicted octanol–water partition coefficient (Wildman–Crippen LogP) is 1.19. The van der Waals surface area contributed by atoms with Gasteiger partial charge in [0.15, 0.2) is 5.82 Å². The van der Waals surface area contributed by atoms with Gasteiger partial charge in [-0.25, -0.2) is 4.79 Å². The lowest BCUT2D eigenvalue weighted by Crippen LogP contribution is -2.28. The molecule has 0 aliphatic heterocycles. The molecule has 1 atom stereocenters. The number of hydrogen-bond acceptors (Lipinski definition) is 5. The van der Waals surface area contributed by atoms with Gasteiger partial charge in [-0.2, -0.15) is 5.21 Å². The maximum absolute atomic E-state index is 11.5. The van der Waals surface area contributed by atoms with Crippen LogP contribution in [0.2, 0.25) is 0 Å². The highest BCUT2D eigenvalue weighted by atomic mass is 16.5. The number of benzene rings is 1. The van der Waals surface area contributed by atoms with Gasteiger partial charge >= 0.3 is 6.09 Å². The molecule has 7 heteroatoms. The van der Waals surface area contributed by atoms with E-state index in [0.29, 0.717) is 5.82 Å². The summed E-state index contributed by atoms with van der Waals surface area (Å²) in [5.74, 6) is 0.409. The molecule has 94 valence electrons. The Balaban J connectivity index is 1.79. The van der Waals surface area contributed by atoms with E-state index in [1.165, 1.54) is 0 Å². The van der Waals surface area contributed by atoms with Crippen LogP contribution in [-0.2, 0) is 11.3 Å². The lowest BCUT2D eigenvalue weighted by atomic mass is 10.2. The Labute approximate surface area is 104 Å². The molecule has 2 rings (SSSR count). The number of H-pyrrole nitrogens is 1.